The standard InChI is InChI=1S/C58H38N2O2/c1-3-12-39(13-4-1)41-22-29-47(30-23-41)59(48-31-24-42(25-32-48)40-14-5-2-6-15-40)49-33-26-43(27-34-49)45-17-11-18-46(38-45)51-35-37-55-56-58(51)61-54-21-10-9-20-52(54)60(56)53-36-28-44-16-7-8-19-50(44)57(53)62-55/h1-38H. The fraction of sp³-hybridized carbons (Fsp3) is 0. The van der Waals surface area contributed by atoms with E-state index >= 15 is 0 Å². The van der Waals surface area contributed by atoms with Crippen molar-refractivity contribution in [1.29, 1.82) is 0 Å². The molecule has 4 heteroatoms. The van der Waals surface area contributed by atoms with E-state index in [0.717, 1.165) is 90.1 Å². The lowest BCUT2D eigenvalue weighted by molar-refractivity contribution is 0.449. The van der Waals surface area contributed by atoms with Gasteiger partial charge in [-0.05, 0) is 117 Å². The molecule has 0 fully saturated rings. The lowest BCUT2D eigenvalue weighted by atomic mass is 9.95. The maximum Gasteiger partial charge on any atom is 0.163 e. The van der Waals surface area contributed by atoms with Crippen LogP contribution in [-0.4, -0.2) is 0 Å². The quantitative estimate of drug-likeness (QED) is 0.160. The molecule has 10 aromatic carbocycles. The molecule has 292 valence electrons. The van der Waals surface area contributed by atoms with E-state index in [9.17, 15) is 0 Å². The number of anilines is 6. The molecule has 12 rings (SSSR count). The first-order valence-electron chi connectivity index (χ1n) is 21.0. The van der Waals surface area contributed by atoms with Crippen LogP contribution in [0, 0.1) is 0 Å². The van der Waals surface area contributed by atoms with Gasteiger partial charge in [-0.1, -0.05) is 158 Å². The van der Waals surface area contributed by atoms with Crippen LogP contribution in [0.4, 0.5) is 34.1 Å². The molecule has 0 bridgehead atoms. The average Bonchev–Trinajstić information content (AvgIpc) is 3.35. The maximum absolute atomic E-state index is 6.82. The van der Waals surface area contributed by atoms with Crippen molar-refractivity contribution in [3.05, 3.63) is 231 Å². The highest BCUT2D eigenvalue weighted by Crippen LogP contribution is 2.62. The number of nitrogens with zero attached hydrogens (tertiary/aromatic N) is 2. The fourth-order valence-corrected chi connectivity index (χ4v) is 9.00. The summed E-state index contributed by atoms with van der Waals surface area (Å²) in [6, 6.07) is 81.5. The second kappa shape index (κ2) is 14.7. The van der Waals surface area contributed by atoms with E-state index in [0.29, 0.717) is 0 Å². The molecule has 10 aromatic rings. The summed E-state index contributed by atoms with van der Waals surface area (Å²) in [5, 5.41) is 2.22. The molecule has 0 aromatic heterocycles. The zero-order valence-electron chi connectivity index (χ0n) is 33.7. The minimum absolute atomic E-state index is 0.766. The van der Waals surface area contributed by atoms with Crippen molar-refractivity contribution >= 4 is 44.9 Å². The summed E-state index contributed by atoms with van der Waals surface area (Å²) in [5.41, 5.74) is 15.2. The van der Waals surface area contributed by atoms with Crippen LogP contribution in [0.1, 0.15) is 0 Å². The van der Waals surface area contributed by atoms with Gasteiger partial charge in [0.25, 0.3) is 0 Å². The molecule has 4 nitrogen and oxygen atoms in total. The fourth-order valence-electron chi connectivity index (χ4n) is 9.00. The third kappa shape index (κ3) is 6.08. The summed E-state index contributed by atoms with van der Waals surface area (Å²) in [7, 11) is 0. The number of rotatable bonds is 7. The summed E-state index contributed by atoms with van der Waals surface area (Å²) in [6.45, 7) is 0. The smallest absolute Gasteiger partial charge is 0.163 e. The van der Waals surface area contributed by atoms with Gasteiger partial charge in [0.2, 0.25) is 0 Å². The molecule has 2 aliphatic heterocycles. The van der Waals surface area contributed by atoms with E-state index in [1.54, 1.807) is 0 Å². The maximum atomic E-state index is 6.82. The number of hydrogen-bond acceptors (Lipinski definition) is 4. The highest BCUT2D eigenvalue weighted by Gasteiger charge is 2.37. The Morgan fingerprint density at radius 1 is 0.323 bits per heavy atom. The molecule has 0 radical (unpaired) electrons. The van der Waals surface area contributed by atoms with Crippen molar-refractivity contribution in [3.8, 4) is 67.5 Å². The van der Waals surface area contributed by atoms with Gasteiger partial charge in [0.05, 0.1) is 11.4 Å². The number of hydrogen-bond donors (Lipinski definition) is 0. The van der Waals surface area contributed by atoms with Crippen LogP contribution < -0.4 is 19.3 Å². The highest BCUT2D eigenvalue weighted by molar-refractivity contribution is 6.03. The summed E-state index contributed by atoms with van der Waals surface area (Å²) in [6.07, 6.45) is 0. The number of para-hydroxylation sites is 2. The summed E-state index contributed by atoms with van der Waals surface area (Å²) in [5.74, 6) is 3.20. The molecule has 2 heterocycles. The molecule has 0 amide bonds. The number of fused-ring (bicyclic) bond motifs is 6. The predicted octanol–water partition coefficient (Wildman–Crippen LogP) is 16.7. The number of benzene rings is 10. The molecule has 0 saturated carbocycles. The Bertz CT molecular complexity index is 3190. The molecule has 0 atom stereocenters. The van der Waals surface area contributed by atoms with Gasteiger partial charge in [-0.3, -0.25) is 4.90 Å². The van der Waals surface area contributed by atoms with E-state index in [2.05, 4.69) is 228 Å². The first kappa shape index (κ1) is 35.6. The minimum atomic E-state index is 0.766. The van der Waals surface area contributed by atoms with Crippen molar-refractivity contribution < 1.29 is 9.47 Å². The minimum Gasteiger partial charge on any atom is -0.452 e. The molecule has 0 spiro atoms. The zero-order valence-corrected chi connectivity index (χ0v) is 33.7. The first-order chi connectivity index (χ1) is 30.7. The molecule has 0 aliphatic carbocycles. The summed E-state index contributed by atoms with van der Waals surface area (Å²) >= 11 is 0. The van der Waals surface area contributed by atoms with Gasteiger partial charge in [-0.2, -0.15) is 0 Å². The van der Waals surface area contributed by atoms with Crippen molar-refractivity contribution in [1.82, 2.24) is 0 Å². The van der Waals surface area contributed by atoms with Gasteiger partial charge in [0.15, 0.2) is 23.0 Å². The second-order valence-electron chi connectivity index (χ2n) is 15.7. The van der Waals surface area contributed by atoms with Gasteiger partial charge in [0, 0.05) is 28.0 Å². The van der Waals surface area contributed by atoms with Crippen molar-refractivity contribution in [2.75, 3.05) is 9.80 Å². The largest absolute Gasteiger partial charge is 0.452 e. The summed E-state index contributed by atoms with van der Waals surface area (Å²) < 4.78 is 13.6. The molecular weight excluding hydrogens is 757 g/mol. The van der Waals surface area contributed by atoms with E-state index in [1.807, 2.05) is 12.1 Å². The Morgan fingerprint density at radius 2 is 0.839 bits per heavy atom. The van der Waals surface area contributed by atoms with Gasteiger partial charge >= 0.3 is 0 Å². The van der Waals surface area contributed by atoms with E-state index in [4.69, 9.17) is 9.47 Å². The number of ether oxygens (including phenoxy) is 2. The Balaban J connectivity index is 0.906. The Labute approximate surface area is 360 Å². The summed E-state index contributed by atoms with van der Waals surface area (Å²) in [4.78, 5) is 4.63. The van der Waals surface area contributed by atoms with Crippen molar-refractivity contribution in [3.63, 3.8) is 0 Å². The first-order valence-corrected chi connectivity index (χ1v) is 21.0. The lowest BCUT2D eigenvalue weighted by Crippen LogP contribution is -2.20. The molecule has 0 unspecified atom stereocenters. The van der Waals surface area contributed by atoms with Crippen LogP contribution in [0.2, 0.25) is 0 Å². The SMILES string of the molecule is c1ccc(-c2ccc(N(c3ccc(-c4ccccc4)cc3)c3ccc(-c4cccc(-c5ccc6c7c5Oc5ccccc5N7c5ccc7ccccc7c5O6)c4)cc3)cc2)cc1. The molecular formula is C58H38N2O2. The lowest BCUT2D eigenvalue weighted by Gasteiger charge is -2.39. The molecule has 62 heavy (non-hydrogen) atoms. The van der Waals surface area contributed by atoms with Crippen molar-refractivity contribution in [2.45, 2.75) is 0 Å². The molecule has 0 N–H and O–H groups in total. The van der Waals surface area contributed by atoms with Crippen LogP contribution in [0.5, 0.6) is 23.0 Å². The van der Waals surface area contributed by atoms with Crippen LogP contribution in [0.15, 0.2) is 231 Å². The van der Waals surface area contributed by atoms with Crippen LogP contribution >= 0.6 is 0 Å². The second-order valence-corrected chi connectivity index (χ2v) is 15.7. The predicted molar refractivity (Wildman–Crippen MR) is 255 cm³/mol. The third-order valence-electron chi connectivity index (χ3n) is 12.0. The normalized spacial score (nSPS) is 12.1. The van der Waals surface area contributed by atoms with Gasteiger partial charge in [0.1, 0.15) is 5.69 Å². The van der Waals surface area contributed by atoms with E-state index < -0.39 is 0 Å². The van der Waals surface area contributed by atoms with Crippen LogP contribution in [-0.2, 0) is 0 Å². The Kier molecular flexibility index (Phi) is 8.46. The highest BCUT2D eigenvalue weighted by atomic mass is 16.5. The third-order valence-corrected chi connectivity index (χ3v) is 12.0. The van der Waals surface area contributed by atoms with Crippen molar-refractivity contribution in [2.24, 2.45) is 0 Å². The van der Waals surface area contributed by atoms with Crippen LogP contribution in [0.3, 0.4) is 0 Å². The monoisotopic (exact) mass is 794 g/mol. The average molecular weight is 795 g/mol. The van der Waals surface area contributed by atoms with E-state index in [-0.39, 0.29) is 0 Å². The Morgan fingerprint density at radius 3 is 1.50 bits per heavy atom. The molecule has 0 saturated heterocycles. The van der Waals surface area contributed by atoms with Crippen LogP contribution in [0.25, 0.3) is 55.3 Å². The van der Waals surface area contributed by atoms with Gasteiger partial charge in [-0.25, -0.2) is 0 Å². The van der Waals surface area contributed by atoms with Gasteiger partial charge in [-0.15, -0.1) is 0 Å². The topological polar surface area (TPSA) is 24.9 Å². The van der Waals surface area contributed by atoms with Gasteiger partial charge < -0.3 is 14.4 Å². The molecule has 2 aliphatic rings. The Hall–Kier alpha value is -8.34. The van der Waals surface area contributed by atoms with E-state index in [1.165, 1.54) is 22.3 Å². The zero-order chi connectivity index (χ0) is 41.0.